The number of carbonyl (C=O) groups excluding carboxylic acids is 1. The molecule has 1 aliphatic carbocycles. The molecule has 1 saturated carbocycles. The van der Waals surface area contributed by atoms with E-state index < -0.39 is 5.60 Å². The first-order valence-electron chi connectivity index (χ1n) is 8.41. The van der Waals surface area contributed by atoms with E-state index in [1.807, 2.05) is 26.8 Å². The van der Waals surface area contributed by atoms with E-state index in [1.54, 1.807) is 6.07 Å². The zero-order chi connectivity index (χ0) is 17.7. The Bertz CT molecular complexity index is 567. The molecule has 24 heavy (non-hydrogen) atoms. The average molecular weight is 401 g/mol. The Balaban J connectivity index is 1.71. The number of rotatable bonds is 4. The molecule has 0 atom stereocenters. The van der Waals surface area contributed by atoms with Crippen molar-refractivity contribution in [1.82, 2.24) is 5.32 Å². The van der Waals surface area contributed by atoms with Gasteiger partial charge in [-0.2, -0.15) is 0 Å². The predicted molar refractivity (Wildman–Crippen MR) is 97.7 cm³/mol. The number of hydrogen-bond donors (Lipinski definition) is 2. The lowest BCUT2D eigenvalue weighted by Gasteiger charge is -2.30. The quantitative estimate of drug-likeness (QED) is 0.740. The highest BCUT2D eigenvalue weighted by atomic mass is 79.9. The summed E-state index contributed by atoms with van der Waals surface area (Å²) in [6.07, 6.45) is 3.62. The van der Waals surface area contributed by atoms with Gasteiger partial charge in [0.1, 0.15) is 11.4 Å². The van der Waals surface area contributed by atoms with Crippen molar-refractivity contribution in [3.8, 4) is 0 Å². The van der Waals surface area contributed by atoms with Crippen molar-refractivity contribution < 1.29 is 13.9 Å². The number of hydrogen-bond acceptors (Lipinski definition) is 3. The van der Waals surface area contributed by atoms with Crippen molar-refractivity contribution in [1.29, 1.82) is 0 Å². The van der Waals surface area contributed by atoms with Gasteiger partial charge in [0.05, 0.1) is 4.47 Å². The SMILES string of the molecule is CC(C)(C)OC(=O)N[C@H]1CC[C@@H](CNc2ccc(Br)c(F)c2)CC1. The molecule has 134 valence electrons. The topological polar surface area (TPSA) is 50.4 Å². The first kappa shape index (κ1) is 19.0. The second-order valence-electron chi connectivity index (χ2n) is 7.37. The highest BCUT2D eigenvalue weighted by Crippen LogP contribution is 2.26. The second kappa shape index (κ2) is 8.19. The van der Waals surface area contributed by atoms with Gasteiger partial charge < -0.3 is 15.4 Å². The molecule has 0 aromatic heterocycles. The van der Waals surface area contributed by atoms with Crippen LogP contribution in [0.1, 0.15) is 46.5 Å². The summed E-state index contributed by atoms with van der Waals surface area (Å²) in [5.41, 5.74) is 0.329. The molecule has 1 aromatic rings. The Morgan fingerprint density at radius 3 is 2.54 bits per heavy atom. The number of nitrogens with one attached hydrogen (secondary N) is 2. The number of alkyl carbamates (subject to hydrolysis) is 1. The maximum Gasteiger partial charge on any atom is 0.407 e. The van der Waals surface area contributed by atoms with Crippen LogP contribution >= 0.6 is 15.9 Å². The Morgan fingerprint density at radius 2 is 1.96 bits per heavy atom. The van der Waals surface area contributed by atoms with Crippen molar-refractivity contribution in [2.45, 2.75) is 58.1 Å². The molecule has 6 heteroatoms. The summed E-state index contributed by atoms with van der Waals surface area (Å²) >= 11 is 3.15. The first-order chi connectivity index (χ1) is 11.2. The lowest BCUT2D eigenvalue weighted by molar-refractivity contribution is 0.0488. The monoisotopic (exact) mass is 400 g/mol. The van der Waals surface area contributed by atoms with Crippen LogP contribution < -0.4 is 10.6 Å². The Morgan fingerprint density at radius 1 is 1.29 bits per heavy atom. The molecule has 0 radical (unpaired) electrons. The Hall–Kier alpha value is -1.30. The molecular formula is C18H26BrFN2O2. The third-order valence-corrected chi connectivity index (χ3v) is 4.73. The smallest absolute Gasteiger partial charge is 0.407 e. The van der Waals surface area contributed by atoms with Crippen molar-refractivity contribution in [3.63, 3.8) is 0 Å². The van der Waals surface area contributed by atoms with Gasteiger partial charge in [-0.3, -0.25) is 0 Å². The number of halogens is 2. The summed E-state index contributed by atoms with van der Waals surface area (Å²) in [5, 5.41) is 6.24. The average Bonchev–Trinajstić information content (AvgIpc) is 2.48. The fraction of sp³-hybridized carbons (Fsp3) is 0.611. The minimum absolute atomic E-state index is 0.182. The zero-order valence-electron chi connectivity index (χ0n) is 14.5. The van der Waals surface area contributed by atoms with Crippen LogP contribution in [-0.2, 0) is 4.74 Å². The Labute approximate surface area is 151 Å². The number of benzene rings is 1. The molecule has 1 fully saturated rings. The van der Waals surface area contributed by atoms with Crippen LogP contribution in [0.5, 0.6) is 0 Å². The van der Waals surface area contributed by atoms with Crippen LogP contribution in [-0.4, -0.2) is 24.3 Å². The van der Waals surface area contributed by atoms with E-state index in [0.29, 0.717) is 10.4 Å². The lowest BCUT2D eigenvalue weighted by Crippen LogP contribution is -2.41. The van der Waals surface area contributed by atoms with Crippen LogP contribution in [0.25, 0.3) is 0 Å². The maximum atomic E-state index is 13.5. The van der Waals surface area contributed by atoms with Gasteiger partial charge in [0.15, 0.2) is 0 Å². The van der Waals surface area contributed by atoms with Crippen molar-refractivity contribution >= 4 is 27.7 Å². The molecule has 1 aromatic carbocycles. The lowest BCUT2D eigenvalue weighted by atomic mass is 9.86. The highest BCUT2D eigenvalue weighted by Gasteiger charge is 2.24. The van der Waals surface area contributed by atoms with Crippen LogP contribution in [0.4, 0.5) is 14.9 Å². The standard InChI is InChI=1S/C18H26BrFN2O2/c1-18(2,3)24-17(23)22-13-6-4-12(5-7-13)11-21-14-8-9-15(19)16(20)10-14/h8-10,12-13,21H,4-7,11H2,1-3H3,(H,22,23)/t12-,13+. The Kier molecular flexibility index (Phi) is 6.49. The third-order valence-electron chi connectivity index (χ3n) is 4.08. The van der Waals surface area contributed by atoms with E-state index in [4.69, 9.17) is 4.74 Å². The van der Waals surface area contributed by atoms with Crippen LogP contribution in [0, 0.1) is 11.7 Å². The van der Waals surface area contributed by atoms with E-state index in [2.05, 4.69) is 26.6 Å². The molecular weight excluding hydrogens is 375 g/mol. The minimum atomic E-state index is -0.467. The molecule has 0 spiro atoms. The van der Waals surface area contributed by atoms with Gasteiger partial charge in [-0.25, -0.2) is 9.18 Å². The van der Waals surface area contributed by atoms with Gasteiger partial charge in [-0.15, -0.1) is 0 Å². The van der Waals surface area contributed by atoms with Gasteiger partial charge in [0.2, 0.25) is 0 Å². The first-order valence-corrected chi connectivity index (χ1v) is 9.20. The number of carbonyl (C=O) groups is 1. The predicted octanol–water partition coefficient (Wildman–Crippen LogP) is 5.08. The molecule has 0 saturated heterocycles. The minimum Gasteiger partial charge on any atom is -0.444 e. The van der Waals surface area contributed by atoms with Crippen LogP contribution in [0.15, 0.2) is 22.7 Å². The van der Waals surface area contributed by atoms with Crippen molar-refractivity contribution in [2.24, 2.45) is 5.92 Å². The number of amides is 1. The van der Waals surface area contributed by atoms with E-state index in [1.165, 1.54) is 6.07 Å². The number of anilines is 1. The van der Waals surface area contributed by atoms with Crippen molar-refractivity contribution in [2.75, 3.05) is 11.9 Å². The van der Waals surface area contributed by atoms with E-state index in [-0.39, 0.29) is 18.0 Å². The molecule has 0 aliphatic heterocycles. The maximum absolute atomic E-state index is 13.5. The molecule has 4 nitrogen and oxygen atoms in total. The zero-order valence-corrected chi connectivity index (χ0v) is 16.1. The number of ether oxygens (including phenoxy) is 1. The molecule has 0 unspecified atom stereocenters. The second-order valence-corrected chi connectivity index (χ2v) is 8.23. The van der Waals surface area contributed by atoms with Gasteiger partial charge in [-0.1, -0.05) is 0 Å². The van der Waals surface area contributed by atoms with Gasteiger partial charge in [0, 0.05) is 18.3 Å². The van der Waals surface area contributed by atoms with Crippen LogP contribution in [0.3, 0.4) is 0 Å². The molecule has 2 rings (SSSR count). The van der Waals surface area contributed by atoms with Crippen LogP contribution in [0.2, 0.25) is 0 Å². The van der Waals surface area contributed by atoms with Gasteiger partial charge >= 0.3 is 6.09 Å². The van der Waals surface area contributed by atoms with E-state index in [9.17, 15) is 9.18 Å². The van der Waals surface area contributed by atoms with E-state index >= 15 is 0 Å². The van der Waals surface area contributed by atoms with Crippen molar-refractivity contribution in [3.05, 3.63) is 28.5 Å². The molecule has 0 heterocycles. The summed E-state index contributed by atoms with van der Waals surface area (Å²) in [4.78, 5) is 11.8. The summed E-state index contributed by atoms with van der Waals surface area (Å²) < 4.78 is 19.3. The fourth-order valence-electron chi connectivity index (χ4n) is 2.85. The fourth-order valence-corrected chi connectivity index (χ4v) is 3.10. The molecule has 1 aliphatic rings. The molecule has 1 amide bonds. The van der Waals surface area contributed by atoms with E-state index in [0.717, 1.165) is 37.9 Å². The molecule has 0 bridgehead atoms. The largest absolute Gasteiger partial charge is 0.444 e. The summed E-state index contributed by atoms with van der Waals surface area (Å²) in [7, 11) is 0. The summed E-state index contributed by atoms with van der Waals surface area (Å²) in [5.74, 6) is 0.277. The molecule has 2 N–H and O–H groups in total. The highest BCUT2D eigenvalue weighted by molar-refractivity contribution is 9.10. The summed E-state index contributed by atoms with van der Waals surface area (Å²) in [6, 6.07) is 5.25. The van der Waals surface area contributed by atoms with Gasteiger partial charge in [-0.05, 0) is 86.5 Å². The normalized spacial score (nSPS) is 21.2. The third kappa shape index (κ3) is 6.30. The summed E-state index contributed by atoms with van der Waals surface area (Å²) in [6.45, 7) is 6.40. The van der Waals surface area contributed by atoms with Gasteiger partial charge in [0.25, 0.3) is 0 Å².